The van der Waals surface area contributed by atoms with Crippen molar-refractivity contribution in [2.45, 2.75) is 0 Å². The highest BCUT2D eigenvalue weighted by Crippen LogP contribution is 2.48. The van der Waals surface area contributed by atoms with Crippen LogP contribution in [0.4, 0.5) is 28.4 Å². The van der Waals surface area contributed by atoms with Crippen LogP contribution < -0.4 is 0 Å². The molecule has 0 radical (unpaired) electrons. The van der Waals surface area contributed by atoms with Crippen LogP contribution in [0.3, 0.4) is 0 Å². The smallest absolute Gasteiger partial charge is 0.188 e. The van der Waals surface area contributed by atoms with Crippen molar-refractivity contribution in [2.75, 3.05) is 0 Å². The fraction of sp³-hybridized carbons (Fsp3) is 0. The van der Waals surface area contributed by atoms with E-state index in [9.17, 15) is 21.0 Å². The summed E-state index contributed by atoms with van der Waals surface area (Å²) in [4.78, 5) is 18.1. The number of benzene rings is 20. The predicted molar refractivity (Wildman–Crippen MR) is 584 cm³/mol. The van der Waals surface area contributed by atoms with Gasteiger partial charge in [-0.1, -0.05) is 206 Å². The average molecular weight is 1860 g/mol. The molecule has 672 valence electrons. The molecule has 0 aliphatic rings. The van der Waals surface area contributed by atoms with E-state index in [-0.39, 0.29) is 0 Å². The lowest BCUT2D eigenvalue weighted by Crippen LogP contribution is -2.00. The minimum atomic E-state index is 0.519. The summed E-state index contributed by atoms with van der Waals surface area (Å²) in [6.45, 7) is 37.4. The lowest BCUT2D eigenvalue weighted by molar-refractivity contribution is 0.668. The maximum Gasteiger partial charge on any atom is 0.188 e. The zero-order valence-electron chi connectivity index (χ0n) is 77.1. The minimum absolute atomic E-state index is 0.519. The molecule has 0 saturated heterocycles. The van der Waals surface area contributed by atoms with E-state index in [1.54, 1.807) is 18.2 Å². The molecule has 8 aromatic heterocycles. The highest BCUT2D eigenvalue weighted by molar-refractivity contribution is 6.18. The third-order valence-corrected chi connectivity index (χ3v) is 27.6. The Morgan fingerprint density at radius 2 is 0.432 bits per heavy atom. The zero-order chi connectivity index (χ0) is 98.5. The highest BCUT2D eigenvalue weighted by atomic mass is 16.3. The largest absolute Gasteiger partial charge is 0.456 e. The topological polar surface area (TPSA) is 189 Å². The molecule has 17 heteroatoms. The Morgan fingerprint density at radius 3 is 0.788 bits per heavy atom. The van der Waals surface area contributed by atoms with Crippen molar-refractivity contribution in [3.63, 3.8) is 0 Å². The number of aromatic nitrogens is 4. The molecule has 0 N–H and O–H groups in total. The van der Waals surface area contributed by atoms with Gasteiger partial charge in [-0.3, -0.25) is 0 Å². The fourth-order valence-electron chi connectivity index (χ4n) is 21.1. The molecular weight excluding hydrogens is 1800 g/mol. The van der Waals surface area contributed by atoms with Crippen LogP contribution in [0, 0.1) is 78.2 Å². The van der Waals surface area contributed by atoms with Gasteiger partial charge in [-0.05, 0) is 244 Å². The third kappa shape index (κ3) is 14.2. The van der Waals surface area contributed by atoms with E-state index >= 15 is 0 Å². The van der Waals surface area contributed by atoms with Crippen LogP contribution in [0.25, 0.3) is 266 Å². The van der Waals surface area contributed by atoms with E-state index in [0.717, 1.165) is 242 Å². The van der Waals surface area contributed by atoms with Crippen LogP contribution in [0.15, 0.2) is 424 Å². The third-order valence-electron chi connectivity index (χ3n) is 27.6. The summed E-state index contributed by atoms with van der Waals surface area (Å²) in [6, 6.07) is 143. The van der Waals surface area contributed by atoms with Gasteiger partial charge in [0.1, 0.15) is 56.8 Å². The van der Waals surface area contributed by atoms with Crippen molar-refractivity contribution in [3.05, 3.63) is 486 Å². The number of furan rings is 4. The summed E-state index contributed by atoms with van der Waals surface area (Å²) in [5.74, 6) is 0. The van der Waals surface area contributed by atoms with Gasteiger partial charge in [-0.15, -0.1) is 0 Å². The summed E-state index contributed by atoms with van der Waals surface area (Å²) < 4.78 is 32.9. The Bertz CT molecular complexity index is 10800. The first kappa shape index (κ1) is 85.8. The molecule has 0 bridgehead atoms. The first-order chi connectivity index (χ1) is 71.9. The highest BCUT2D eigenvalue weighted by Gasteiger charge is 2.27. The van der Waals surface area contributed by atoms with Crippen LogP contribution >= 0.6 is 0 Å². The number of nitrogens with zero attached hydrogens (tertiary/aromatic N) is 13. The maximum atomic E-state index is 10.2. The normalized spacial score (nSPS) is 11.2. The van der Waals surface area contributed by atoms with Crippen LogP contribution in [-0.4, -0.2) is 18.3 Å². The lowest BCUT2D eigenvalue weighted by Gasteiger charge is -2.16. The maximum absolute atomic E-state index is 10.2. The molecule has 0 unspecified atom stereocenters. The average Bonchev–Trinajstić information content (AvgIpc) is 1.64. The SMILES string of the molecule is [C-]#[N+]c1ccc2c(c1)c1cc(C#N)ccc1n2-c1c(C#N)cccc1-c1ccc2oc3ccccc3c2c1.[C-]#[N+]c1ccc2c(c1)c1cc(C#N)ccc1n2-c1ccccc1-c1ccc2oc3ccccc3c2c1.[C-]#[N+]c1ccc2c(c1)c1ccccc1n2-c1c(C#N)cccc1-c1ccc2oc3ccccc3c2c1.[C-]#[N+]c1ccc2oc3ccc(-c4ccccc4-n4c5ccccc5c5cc([N+]#[C-])ccc54)cc3c2c1. The van der Waals surface area contributed by atoms with Crippen LogP contribution in [0.2, 0.25) is 0 Å². The van der Waals surface area contributed by atoms with Gasteiger partial charge in [0.05, 0.1) is 134 Å². The quantitative estimate of drug-likeness (QED) is 0.134. The number of fused-ring (bicyclic) bond motifs is 24. The van der Waals surface area contributed by atoms with Crippen molar-refractivity contribution in [3.8, 4) is 91.5 Å². The van der Waals surface area contributed by atoms with Crippen molar-refractivity contribution >= 4 is 203 Å². The summed E-state index contributed by atoms with van der Waals surface area (Å²) in [5, 5.41) is 55.6. The van der Waals surface area contributed by atoms with Crippen molar-refractivity contribution in [1.82, 2.24) is 18.3 Å². The molecule has 8 heterocycles. The van der Waals surface area contributed by atoms with Gasteiger partial charge in [-0.2, -0.15) is 21.0 Å². The summed E-state index contributed by atoms with van der Waals surface area (Å²) in [7, 11) is 0. The molecule has 20 aromatic carbocycles. The van der Waals surface area contributed by atoms with Crippen molar-refractivity contribution < 1.29 is 17.7 Å². The van der Waals surface area contributed by atoms with Gasteiger partial charge in [0, 0.05) is 86.9 Å². The van der Waals surface area contributed by atoms with Crippen LogP contribution in [0.1, 0.15) is 22.3 Å². The van der Waals surface area contributed by atoms with Crippen LogP contribution in [0.5, 0.6) is 0 Å². The van der Waals surface area contributed by atoms with Gasteiger partial charge in [0.15, 0.2) is 28.4 Å². The van der Waals surface area contributed by atoms with Crippen molar-refractivity contribution in [1.29, 1.82) is 21.0 Å². The van der Waals surface area contributed by atoms with E-state index in [1.165, 1.54) is 0 Å². The molecule has 0 atom stereocenters. The minimum Gasteiger partial charge on any atom is -0.456 e. The molecule has 0 fully saturated rings. The molecule has 28 aromatic rings. The van der Waals surface area contributed by atoms with Gasteiger partial charge in [0.25, 0.3) is 0 Å². The zero-order valence-corrected chi connectivity index (χ0v) is 77.1. The molecule has 0 amide bonds. The summed E-state index contributed by atoms with van der Waals surface area (Å²) in [5.41, 5.74) is 31.5. The monoisotopic (exact) mass is 1860 g/mol. The van der Waals surface area contributed by atoms with Crippen molar-refractivity contribution in [2.24, 2.45) is 0 Å². The van der Waals surface area contributed by atoms with E-state index in [1.807, 2.05) is 255 Å². The van der Waals surface area contributed by atoms with Crippen LogP contribution in [-0.2, 0) is 0 Å². The number of hydrogen-bond acceptors (Lipinski definition) is 8. The number of para-hydroxylation sites is 9. The fourth-order valence-corrected chi connectivity index (χ4v) is 21.1. The van der Waals surface area contributed by atoms with E-state index in [4.69, 9.17) is 50.5 Å². The lowest BCUT2D eigenvalue weighted by atomic mass is 9.98. The Labute approximate surface area is 832 Å². The predicted octanol–water partition coefficient (Wildman–Crippen LogP) is 35.6. The molecule has 28 rings (SSSR count). The number of nitriles is 4. The summed E-state index contributed by atoms with van der Waals surface area (Å²) in [6.07, 6.45) is 0. The first-order valence-corrected chi connectivity index (χ1v) is 46.8. The second kappa shape index (κ2) is 35.0. The Kier molecular flexibility index (Phi) is 20.6. The van der Waals surface area contributed by atoms with E-state index < -0.39 is 0 Å². The Balaban J connectivity index is 0.000000102. The molecule has 146 heavy (non-hydrogen) atoms. The molecule has 0 spiro atoms. The standard InChI is InChI=1S/C33H16N4O.3C32H17N3O/c1-36-23-11-13-30-27(17-23)26-15-20(18-34)9-12-29(26)37(30)33-22(19-35)5-4-7-24(33)21-10-14-32-28(16-21)25-6-2-3-8-31(25)38-32;1-33-21-12-14-30-25(18-21)24-8-4-6-10-29(24)35(30)28-9-5-3-7-23(28)20-11-15-31-26(17-20)27-19-22(34-2)13-16-32(27)36-31;1-34-22-14-15-29-26(18-22)24-8-2-4-11-28(24)35(29)32-21(19-33)7-6-10-23(32)20-13-16-31-27(17-20)25-9-3-5-12-30(25)36-31;1-34-22-12-14-30-26(18-22)25-16-20(19-33)10-13-29(25)35(30)28-8-4-2-6-23(28)21-11-15-32-27(17-21)24-7-3-5-9-31(24)36-32/h2-17H;3-19H;2*2-18H. The molecule has 0 aliphatic carbocycles. The van der Waals surface area contributed by atoms with Gasteiger partial charge >= 0.3 is 0 Å². The van der Waals surface area contributed by atoms with Gasteiger partial charge in [-0.25, -0.2) is 24.2 Å². The first-order valence-electron chi connectivity index (χ1n) is 46.8. The second-order valence-electron chi connectivity index (χ2n) is 35.5. The van der Waals surface area contributed by atoms with E-state index in [0.29, 0.717) is 50.7 Å². The van der Waals surface area contributed by atoms with Gasteiger partial charge < -0.3 is 35.9 Å². The second-order valence-corrected chi connectivity index (χ2v) is 35.5. The Hall–Kier alpha value is -21.8. The molecule has 17 nitrogen and oxygen atoms in total. The molecular formula is C129H67N13O4. The molecule has 0 aliphatic heterocycles. The van der Waals surface area contributed by atoms with Gasteiger partial charge in [0.2, 0.25) is 0 Å². The number of hydrogen-bond donors (Lipinski definition) is 0. The van der Waals surface area contributed by atoms with E-state index in [2.05, 4.69) is 200 Å². The molecule has 0 saturated carbocycles. The number of rotatable bonds is 8. The Morgan fingerprint density at radius 1 is 0.185 bits per heavy atom. The summed E-state index contributed by atoms with van der Waals surface area (Å²) >= 11 is 0.